The second-order valence-corrected chi connectivity index (χ2v) is 7.31. The van der Waals surface area contributed by atoms with Crippen molar-refractivity contribution in [2.75, 3.05) is 6.61 Å². The van der Waals surface area contributed by atoms with Crippen molar-refractivity contribution in [3.05, 3.63) is 80.9 Å². The second kappa shape index (κ2) is 7.92. The zero-order valence-corrected chi connectivity index (χ0v) is 15.0. The van der Waals surface area contributed by atoms with E-state index in [2.05, 4.69) is 0 Å². The van der Waals surface area contributed by atoms with Gasteiger partial charge in [0.15, 0.2) is 4.91 Å². The molecule has 0 fully saturated rings. The summed E-state index contributed by atoms with van der Waals surface area (Å²) in [5, 5.41) is 10.7. The Labute approximate surface area is 151 Å². The van der Waals surface area contributed by atoms with Crippen LogP contribution in [-0.2, 0) is 14.6 Å². The largest absolute Gasteiger partial charge is 0.500 e. The maximum absolute atomic E-state index is 12.9. The van der Waals surface area contributed by atoms with Crippen LogP contribution in [0.1, 0.15) is 22.8 Å². The summed E-state index contributed by atoms with van der Waals surface area (Å²) in [6.45, 7) is 3.65. The predicted octanol–water partition coefficient (Wildman–Crippen LogP) is 3.44. The Morgan fingerprint density at radius 2 is 1.69 bits per heavy atom. The number of benzene rings is 2. The van der Waals surface area contributed by atoms with Gasteiger partial charge in [-0.1, -0.05) is 17.7 Å². The molecule has 2 aromatic carbocycles. The number of carbonyl (C=O) groups excluding carboxylic acids is 1. The molecular weight excluding hydrogens is 358 g/mol. The number of allylic oxidation sites excluding steroid dienone is 1. The van der Waals surface area contributed by atoms with Crippen molar-refractivity contribution in [3.63, 3.8) is 0 Å². The van der Waals surface area contributed by atoms with Gasteiger partial charge in [0.25, 0.3) is 5.69 Å². The van der Waals surface area contributed by atoms with E-state index >= 15 is 0 Å². The van der Waals surface area contributed by atoms with Gasteiger partial charge in [0.2, 0.25) is 15.6 Å². The van der Waals surface area contributed by atoms with Crippen LogP contribution in [0.4, 0.5) is 5.69 Å². The summed E-state index contributed by atoms with van der Waals surface area (Å²) < 4.78 is 30.8. The molecule has 0 saturated carbocycles. The van der Waals surface area contributed by atoms with E-state index in [-0.39, 0.29) is 22.8 Å². The first-order valence-electron chi connectivity index (χ1n) is 7.70. The zero-order valence-electron chi connectivity index (χ0n) is 14.2. The fourth-order valence-corrected chi connectivity index (χ4v) is 3.42. The first-order chi connectivity index (χ1) is 12.3. The van der Waals surface area contributed by atoms with Crippen LogP contribution in [0.3, 0.4) is 0 Å². The molecule has 7 nitrogen and oxygen atoms in total. The Morgan fingerprint density at radius 3 is 2.19 bits per heavy atom. The minimum atomic E-state index is -4.11. The standard InChI is InChI=1S/C18H17NO6S/c1-3-25-12-17(26(23,24)16-10-4-13(2)5-11-16)18(20)14-6-8-15(9-7-14)19(21)22/h4-12H,3H2,1-2H3/b17-12-. The first-order valence-corrected chi connectivity index (χ1v) is 9.18. The van der Waals surface area contributed by atoms with Gasteiger partial charge < -0.3 is 4.74 Å². The van der Waals surface area contributed by atoms with Crippen molar-refractivity contribution in [1.82, 2.24) is 0 Å². The summed E-state index contributed by atoms with van der Waals surface area (Å²) in [5.74, 6) is -0.797. The number of nitro benzene ring substituents is 1. The number of sulfone groups is 1. The molecule has 8 heteroatoms. The third kappa shape index (κ3) is 4.15. The summed E-state index contributed by atoms with van der Waals surface area (Å²) in [4.78, 5) is 22.3. The molecule has 26 heavy (non-hydrogen) atoms. The average Bonchev–Trinajstić information content (AvgIpc) is 2.62. The summed E-state index contributed by atoms with van der Waals surface area (Å²) in [7, 11) is -4.11. The van der Waals surface area contributed by atoms with Gasteiger partial charge >= 0.3 is 0 Å². The maximum Gasteiger partial charge on any atom is 0.269 e. The van der Waals surface area contributed by atoms with Gasteiger partial charge in [-0.15, -0.1) is 0 Å². The van der Waals surface area contributed by atoms with Gasteiger partial charge in [-0.25, -0.2) is 8.42 Å². The normalized spacial score (nSPS) is 11.8. The topological polar surface area (TPSA) is 104 Å². The van der Waals surface area contributed by atoms with Crippen LogP contribution in [0.25, 0.3) is 0 Å². The molecule has 0 amide bonds. The van der Waals surface area contributed by atoms with Crippen LogP contribution in [0, 0.1) is 17.0 Å². The molecule has 2 aromatic rings. The number of nitro groups is 1. The van der Waals surface area contributed by atoms with Crippen LogP contribution in [0.2, 0.25) is 0 Å². The molecule has 0 aliphatic carbocycles. The Balaban J connectivity index is 2.48. The van der Waals surface area contributed by atoms with Gasteiger partial charge in [-0.2, -0.15) is 0 Å². The molecule has 0 bridgehead atoms. The number of rotatable bonds is 7. The zero-order chi connectivity index (χ0) is 19.3. The van der Waals surface area contributed by atoms with E-state index in [9.17, 15) is 23.3 Å². The van der Waals surface area contributed by atoms with Crippen LogP contribution in [0.15, 0.2) is 64.6 Å². The lowest BCUT2D eigenvalue weighted by molar-refractivity contribution is -0.384. The number of hydrogen-bond donors (Lipinski definition) is 0. The molecule has 0 saturated heterocycles. The minimum Gasteiger partial charge on any atom is -0.500 e. The lowest BCUT2D eigenvalue weighted by Gasteiger charge is -2.09. The molecule has 0 heterocycles. The quantitative estimate of drug-likeness (QED) is 0.241. The van der Waals surface area contributed by atoms with Crippen molar-refractivity contribution < 1.29 is 22.9 Å². The van der Waals surface area contributed by atoms with E-state index in [1.54, 1.807) is 19.1 Å². The van der Waals surface area contributed by atoms with Crippen molar-refractivity contribution in [1.29, 1.82) is 0 Å². The van der Waals surface area contributed by atoms with Crippen LogP contribution < -0.4 is 0 Å². The molecule has 2 rings (SSSR count). The van der Waals surface area contributed by atoms with E-state index in [4.69, 9.17) is 4.74 Å². The molecule has 136 valence electrons. The summed E-state index contributed by atoms with van der Waals surface area (Å²) >= 11 is 0. The maximum atomic E-state index is 12.9. The third-order valence-corrected chi connectivity index (χ3v) is 5.30. The summed E-state index contributed by atoms with van der Waals surface area (Å²) in [5.41, 5.74) is 0.691. The van der Waals surface area contributed by atoms with Gasteiger partial charge in [-0.05, 0) is 38.1 Å². The molecule has 0 N–H and O–H groups in total. The number of Topliss-reactive ketones (excluding diaryl/α,β-unsaturated/α-hetero) is 1. The number of ether oxygens (including phenoxy) is 1. The number of carbonyl (C=O) groups is 1. The summed E-state index contributed by atoms with van der Waals surface area (Å²) in [6, 6.07) is 10.8. The molecule has 0 aliphatic heterocycles. The number of nitrogens with zero attached hydrogens (tertiary/aromatic N) is 1. The smallest absolute Gasteiger partial charge is 0.269 e. The van der Waals surface area contributed by atoms with Crippen molar-refractivity contribution >= 4 is 21.3 Å². The molecule has 0 spiro atoms. The molecule has 0 aliphatic rings. The lowest BCUT2D eigenvalue weighted by Crippen LogP contribution is -2.15. The monoisotopic (exact) mass is 375 g/mol. The van der Waals surface area contributed by atoms with Gasteiger partial charge in [0, 0.05) is 17.7 Å². The van der Waals surface area contributed by atoms with Crippen LogP contribution in [0.5, 0.6) is 0 Å². The summed E-state index contributed by atoms with van der Waals surface area (Å²) in [6.07, 6.45) is 0.916. The number of hydrogen-bond acceptors (Lipinski definition) is 6. The number of non-ortho nitro benzene ring substituents is 1. The molecule has 0 radical (unpaired) electrons. The predicted molar refractivity (Wildman–Crippen MR) is 95.5 cm³/mol. The molecule has 0 atom stereocenters. The fraction of sp³-hybridized carbons (Fsp3) is 0.167. The van der Waals surface area contributed by atoms with Gasteiger partial charge in [0.1, 0.15) is 6.26 Å². The van der Waals surface area contributed by atoms with Crippen LogP contribution >= 0.6 is 0 Å². The molecule has 0 aromatic heterocycles. The van der Waals surface area contributed by atoms with E-state index in [1.807, 2.05) is 6.92 Å². The minimum absolute atomic E-state index is 0.0113. The second-order valence-electron chi connectivity index (χ2n) is 5.39. The van der Waals surface area contributed by atoms with Gasteiger partial charge in [-0.3, -0.25) is 14.9 Å². The third-order valence-electron chi connectivity index (χ3n) is 3.54. The van der Waals surface area contributed by atoms with Crippen molar-refractivity contribution in [2.45, 2.75) is 18.7 Å². The highest BCUT2D eigenvalue weighted by molar-refractivity contribution is 7.96. The highest BCUT2D eigenvalue weighted by Crippen LogP contribution is 2.24. The number of aryl methyl sites for hydroxylation is 1. The Hall–Kier alpha value is -3.00. The Morgan fingerprint density at radius 1 is 1.12 bits per heavy atom. The average molecular weight is 375 g/mol. The Bertz CT molecular complexity index is 944. The fourth-order valence-electron chi connectivity index (χ4n) is 2.12. The molecule has 0 unspecified atom stereocenters. The first kappa shape index (κ1) is 19.3. The van der Waals surface area contributed by atoms with Crippen molar-refractivity contribution in [3.8, 4) is 0 Å². The van der Waals surface area contributed by atoms with E-state index in [0.29, 0.717) is 0 Å². The highest BCUT2D eigenvalue weighted by Gasteiger charge is 2.29. The highest BCUT2D eigenvalue weighted by atomic mass is 32.2. The molecular formula is C18H17NO6S. The number of ketones is 1. The SMILES string of the molecule is CCO/C=C(/C(=O)c1ccc([N+](=O)[O-])cc1)S(=O)(=O)c1ccc(C)cc1. The van der Waals surface area contributed by atoms with E-state index in [0.717, 1.165) is 24.0 Å². The van der Waals surface area contributed by atoms with Crippen molar-refractivity contribution in [2.24, 2.45) is 0 Å². The van der Waals surface area contributed by atoms with E-state index in [1.165, 1.54) is 24.3 Å². The van der Waals surface area contributed by atoms with Gasteiger partial charge in [0.05, 0.1) is 16.4 Å². The van der Waals surface area contributed by atoms with E-state index < -0.39 is 25.4 Å². The van der Waals surface area contributed by atoms with Crippen LogP contribution in [-0.4, -0.2) is 25.7 Å². The Kier molecular flexibility index (Phi) is 5.89. The lowest BCUT2D eigenvalue weighted by atomic mass is 10.1.